The van der Waals surface area contributed by atoms with Gasteiger partial charge in [0.1, 0.15) is 0 Å². The number of rotatable bonds is 12. The van der Waals surface area contributed by atoms with Crippen LogP contribution in [0.15, 0.2) is 29.3 Å². The molecule has 7 nitrogen and oxygen atoms in total. The van der Waals surface area contributed by atoms with Gasteiger partial charge in [-0.2, -0.15) is 0 Å². The summed E-state index contributed by atoms with van der Waals surface area (Å²) in [5.41, 5.74) is 2.63. The number of methoxy groups -OCH3 is 1. The molecule has 0 aliphatic carbocycles. The van der Waals surface area contributed by atoms with E-state index < -0.39 is 0 Å². The lowest BCUT2D eigenvalue weighted by atomic mass is 10.1. The third-order valence-electron chi connectivity index (χ3n) is 5.68. The van der Waals surface area contributed by atoms with Crippen LogP contribution in [0.4, 0.5) is 0 Å². The summed E-state index contributed by atoms with van der Waals surface area (Å²) < 4.78 is 5.12. The van der Waals surface area contributed by atoms with E-state index >= 15 is 0 Å². The first kappa shape index (κ1) is 29.1. The zero-order valence-corrected chi connectivity index (χ0v) is 22.9. The van der Waals surface area contributed by atoms with Gasteiger partial charge in [-0.05, 0) is 58.1 Å². The lowest BCUT2D eigenvalue weighted by Gasteiger charge is -2.20. The lowest BCUT2D eigenvalue weighted by Crippen LogP contribution is -2.41. The molecule has 1 saturated heterocycles. The molecule has 32 heavy (non-hydrogen) atoms. The van der Waals surface area contributed by atoms with E-state index in [-0.39, 0.29) is 24.0 Å². The maximum atomic E-state index is 5.12. The topological polar surface area (TPSA) is 55.4 Å². The van der Waals surface area contributed by atoms with Crippen molar-refractivity contribution >= 4 is 29.9 Å². The van der Waals surface area contributed by atoms with E-state index in [0.717, 1.165) is 64.8 Å². The van der Waals surface area contributed by atoms with Crippen molar-refractivity contribution in [2.24, 2.45) is 4.99 Å². The molecule has 1 aromatic carbocycles. The second-order valence-electron chi connectivity index (χ2n) is 8.52. The van der Waals surface area contributed by atoms with E-state index in [2.05, 4.69) is 70.6 Å². The molecule has 1 heterocycles. The fourth-order valence-corrected chi connectivity index (χ4v) is 3.73. The van der Waals surface area contributed by atoms with Gasteiger partial charge in [0.25, 0.3) is 0 Å². The summed E-state index contributed by atoms with van der Waals surface area (Å²) in [4.78, 5) is 12.1. The Morgan fingerprint density at radius 2 is 1.81 bits per heavy atom. The van der Waals surface area contributed by atoms with Crippen molar-refractivity contribution in [3.8, 4) is 0 Å². The third-order valence-corrected chi connectivity index (χ3v) is 5.68. The molecule has 0 unspecified atom stereocenters. The Morgan fingerprint density at radius 3 is 2.53 bits per heavy atom. The van der Waals surface area contributed by atoms with Gasteiger partial charge in [0, 0.05) is 59.5 Å². The van der Waals surface area contributed by atoms with Gasteiger partial charge in [0.15, 0.2) is 5.96 Å². The number of nitrogens with zero attached hydrogens (tertiary/aromatic N) is 4. The quantitative estimate of drug-likeness (QED) is 0.177. The SMILES string of the molecule is CCNC(=NCc1ccc(CN2CCCN(C)CC2)cc1)NCCN(C)CCCOC.I. The predicted octanol–water partition coefficient (Wildman–Crippen LogP) is 2.47. The highest BCUT2D eigenvalue weighted by molar-refractivity contribution is 14.0. The molecule has 0 bridgehead atoms. The summed E-state index contributed by atoms with van der Waals surface area (Å²) in [5, 5.41) is 6.79. The second-order valence-corrected chi connectivity index (χ2v) is 8.52. The summed E-state index contributed by atoms with van der Waals surface area (Å²) in [6, 6.07) is 8.95. The van der Waals surface area contributed by atoms with Gasteiger partial charge in [0.2, 0.25) is 0 Å². The Balaban J connectivity index is 0.00000512. The van der Waals surface area contributed by atoms with E-state index in [1.807, 2.05) is 0 Å². The van der Waals surface area contributed by atoms with Crippen molar-refractivity contribution in [2.75, 3.05) is 80.2 Å². The largest absolute Gasteiger partial charge is 0.385 e. The number of hydrogen-bond donors (Lipinski definition) is 2. The van der Waals surface area contributed by atoms with Crippen molar-refractivity contribution in [3.05, 3.63) is 35.4 Å². The van der Waals surface area contributed by atoms with Crippen LogP contribution in [0.25, 0.3) is 0 Å². The van der Waals surface area contributed by atoms with Crippen LogP contribution in [0.1, 0.15) is 30.9 Å². The zero-order chi connectivity index (χ0) is 22.3. The minimum atomic E-state index is 0. The number of nitrogens with one attached hydrogen (secondary N) is 2. The van der Waals surface area contributed by atoms with Gasteiger partial charge in [-0.1, -0.05) is 24.3 Å². The van der Waals surface area contributed by atoms with Crippen LogP contribution < -0.4 is 10.6 Å². The van der Waals surface area contributed by atoms with Crippen LogP contribution in [0.3, 0.4) is 0 Å². The molecule has 1 fully saturated rings. The first-order valence-electron chi connectivity index (χ1n) is 11.8. The molecule has 1 aliphatic rings. The summed E-state index contributed by atoms with van der Waals surface area (Å²) in [6.45, 7) is 13.1. The minimum Gasteiger partial charge on any atom is -0.385 e. The molecular formula is C24H45IN6O. The van der Waals surface area contributed by atoms with E-state index in [0.29, 0.717) is 6.54 Å². The summed E-state index contributed by atoms with van der Waals surface area (Å²) in [5.74, 6) is 0.880. The summed E-state index contributed by atoms with van der Waals surface area (Å²) >= 11 is 0. The standard InChI is InChI=1S/C24H44N6O.HI/c1-5-25-24(26-12-16-28(2)14-7-19-31-4)27-20-22-8-10-23(11-9-22)21-30-15-6-13-29(3)17-18-30;/h8-11H,5-7,12-21H2,1-4H3,(H2,25,26,27);1H. The van der Waals surface area contributed by atoms with E-state index in [4.69, 9.17) is 9.73 Å². The molecule has 8 heteroatoms. The minimum absolute atomic E-state index is 0. The zero-order valence-electron chi connectivity index (χ0n) is 20.6. The number of halogens is 1. The average molecular weight is 561 g/mol. The molecule has 0 spiro atoms. The molecule has 2 N–H and O–H groups in total. The number of hydrogen-bond acceptors (Lipinski definition) is 5. The predicted molar refractivity (Wildman–Crippen MR) is 146 cm³/mol. The van der Waals surface area contributed by atoms with Gasteiger partial charge >= 0.3 is 0 Å². The average Bonchev–Trinajstić information content (AvgIpc) is 2.97. The maximum absolute atomic E-state index is 5.12. The number of likely N-dealkylation sites (N-methyl/N-ethyl adjacent to an activating group) is 2. The number of aliphatic imine (C=N–C) groups is 1. The summed E-state index contributed by atoms with van der Waals surface area (Å²) in [6.07, 6.45) is 2.32. The molecular weight excluding hydrogens is 515 g/mol. The van der Waals surface area contributed by atoms with Crippen molar-refractivity contribution in [1.29, 1.82) is 0 Å². The Bertz CT molecular complexity index is 627. The highest BCUT2D eigenvalue weighted by atomic mass is 127. The van der Waals surface area contributed by atoms with E-state index in [1.165, 1.54) is 30.6 Å². The first-order valence-corrected chi connectivity index (χ1v) is 11.8. The number of guanidine groups is 1. The third kappa shape index (κ3) is 12.3. The summed E-state index contributed by atoms with van der Waals surface area (Å²) in [7, 11) is 6.12. The molecule has 184 valence electrons. The van der Waals surface area contributed by atoms with Gasteiger partial charge in [0.05, 0.1) is 6.54 Å². The molecule has 0 atom stereocenters. The van der Waals surface area contributed by atoms with Crippen molar-refractivity contribution in [2.45, 2.75) is 32.9 Å². The molecule has 1 aromatic rings. The molecule has 0 amide bonds. The lowest BCUT2D eigenvalue weighted by molar-refractivity contribution is 0.180. The van der Waals surface area contributed by atoms with Crippen molar-refractivity contribution in [3.63, 3.8) is 0 Å². The first-order chi connectivity index (χ1) is 15.1. The number of benzene rings is 1. The number of ether oxygens (including phenoxy) is 1. The van der Waals surface area contributed by atoms with Crippen LogP contribution in [0.2, 0.25) is 0 Å². The highest BCUT2D eigenvalue weighted by Gasteiger charge is 2.12. The van der Waals surface area contributed by atoms with Gasteiger partial charge in [-0.25, -0.2) is 4.99 Å². The monoisotopic (exact) mass is 560 g/mol. The Morgan fingerprint density at radius 1 is 1.06 bits per heavy atom. The van der Waals surface area contributed by atoms with Crippen LogP contribution in [0.5, 0.6) is 0 Å². The van der Waals surface area contributed by atoms with Gasteiger partial charge in [-0.3, -0.25) is 4.90 Å². The normalized spacial score (nSPS) is 16.0. The Labute approximate surface area is 213 Å². The van der Waals surface area contributed by atoms with Crippen LogP contribution in [0, 0.1) is 0 Å². The van der Waals surface area contributed by atoms with E-state index in [9.17, 15) is 0 Å². The molecule has 1 aliphatic heterocycles. The molecule has 0 aromatic heterocycles. The Hall–Kier alpha value is -0.940. The second kappa shape index (κ2) is 17.5. The molecule has 2 rings (SSSR count). The van der Waals surface area contributed by atoms with Crippen molar-refractivity contribution in [1.82, 2.24) is 25.3 Å². The van der Waals surface area contributed by atoms with Gasteiger partial charge in [-0.15, -0.1) is 24.0 Å². The maximum Gasteiger partial charge on any atom is 0.191 e. The molecule has 0 radical (unpaired) electrons. The van der Waals surface area contributed by atoms with Gasteiger partial charge < -0.3 is 25.2 Å². The van der Waals surface area contributed by atoms with E-state index in [1.54, 1.807) is 7.11 Å². The smallest absolute Gasteiger partial charge is 0.191 e. The van der Waals surface area contributed by atoms with Crippen LogP contribution in [-0.4, -0.2) is 101 Å². The highest BCUT2D eigenvalue weighted by Crippen LogP contribution is 2.11. The van der Waals surface area contributed by atoms with Crippen LogP contribution >= 0.6 is 24.0 Å². The fourth-order valence-electron chi connectivity index (χ4n) is 3.73. The fraction of sp³-hybridized carbons (Fsp3) is 0.708. The Kier molecular flexibility index (Phi) is 15.9. The van der Waals surface area contributed by atoms with Crippen LogP contribution in [-0.2, 0) is 17.8 Å². The van der Waals surface area contributed by atoms with Crippen molar-refractivity contribution < 1.29 is 4.74 Å². The molecule has 0 saturated carbocycles.